The van der Waals surface area contributed by atoms with Crippen molar-refractivity contribution in [3.63, 3.8) is 0 Å². The molecule has 2 saturated heterocycles. The third-order valence-corrected chi connectivity index (χ3v) is 6.09. The largest absolute Gasteiger partial charge is 0.383 e. The number of methoxy groups -OCH3 is 1. The Balaban J connectivity index is 1.68. The molecule has 6 nitrogen and oxygen atoms in total. The summed E-state index contributed by atoms with van der Waals surface area (Å²) in [6.45, 7) is 9.68. The zero-order chi connectivity index (χ0) is 18.0. The first-order chi connectivity index (χ1) is 11.9. The molecule has 0 N–H and O–H groups in total. The third-order valence-electron chi connectivity index (χ3n) is 6.09. The molecule has 2 fully saturated rings. The molecule has 2 aliphatic heterocycles. The maximum atomic E-state index is 12.2. The fourth-order valence-electron chi connectivity index (χ4n) is 4.56. The summed E-state index contributed by atoms with van der Waals surface area (Å²) in [5, 5.41) is 4.56. The molecule has 0 bridgehead atoms. The maximum Gasteiger partial charge on any atom is 0.222 e. The zero-order valence-corrected chi connectivity index (χ0v) is 16.2. The van der Waals surface area contributed by atoms with Gasteiger partial charge in [-0.05, 0) is 39.7 Å². The second kappa shape index (κ2) is 7.46. The van der Waals surface area contributed by atoms with Crippen molar-refractivity contribution in [2.24, 2.45) is 12.5 Å². The molecule has 6 heteroatoms. The fraction of sp³-hybridized carbons (Fsp3) is 0.789. The van der Waals surface area contributed by atoms with Gasteiger partial charge in [0.25, 0.3) is 0 Å². The average molecular weight is 348 g/mol. The molecule has 1 aromatic heterocycles. The highest BCUT2D eigenvalue weighted by Gasteiger charge is 2.41. The molecule has 0 unspecified atom stereocenters. The first-order valence-corrected chi connectivity index (χ1v) is 9.42. The average Bonchev–Trinajstić information content (AvgIpc) is 2.82. The lowest BCUT2D eigenvalue weighted by Crippen LogP contribution is -2.54. The van der Waals surface area contributed by atoms with Crippen LogP contribution < -0.4 is 0 Å². The topological polar surface area (TPSA) is 50.6 Å². The van der Waals surface area contributed by atoms with Gasteiger partial charge in [-0.25, -0.2) is 0 Å². The molecule has 0 saturated carbocycles. The molecule has 3 heterocycles. The molecule has 3 rings (SSSR count). The van der Waals surface area contributed by atoms with Gasteiger partial charge in [-0.3, -0.25) is 14.4 Å². The zero-order valence-electron chi connectivity index (χ0n) is 16.2. The van der Waals surface area contributed by atoms with Gasteiger partial charge in [-0.2, -0.15) is 5.10 Å². The second-order valence-corrected chi connectivity index (χ2v) is 7.90. The number of carbonyl (C=O) groups is 1. The van der Waals surface area contributed by atoms with Gasteiger partial charge in [-0.1, -0.05) is 0 Å². The number of aryl methyl sites for hydroxylation is 2. The highest BCUT2D eigenvalue weighted by Crippen LogP contribution is 2.39. The number of amides is 1. The van der Waals surface area contributed by atoms with E-state index in [2.05, 4.69) is 23.8 Å². The van der Waals surface area contributed by atoms with E-state index < -0.39 is 0 Å². The Morgan fingerprint density at radius 1 is 1.24 bits per heavy atom. The quantitative estimate of drug-likeness (QED) is 0.815. The Hall–Kier alpha value is -1.40. The van der Waals surface area contributed by atoms with Crippen LogP contribution in [0.15, 0.2) is 0 Å². The number of ether oxygens (including phenoxy) is 1. The Kier molecular flexibility index (Phi) is 5.49. The molecular formula is C19H32N4O2. The number of carbonyl (C=O) groups excluding carboxylic acids is 1. The molecule has 1 spiro atoms. The lowest BCUT2D eigenvalue weighted by Gasteiger charge is -2.48. The number of likely N-dealkylation sites (tertiary alicyclic amines) is 2. The highest BCUT2D eigenvalue weighted by atomic mass is 16.5. The summed E-state index contributed by atoms with van der Waals surface area (Å²) in [6, 6.07) is 0. The van der Waals surface area contributed by atoms with Crippen molar-refractivity contribution in [2.75, 3.05) is 39.9 Å². The van der Waals surface area contributed by atoms with Crippen LogP contribution in [-0.4, -0.2) is 65.4 Å². The summed E-state index contributed by atoms with van der Waals surface area (Å²) in [5.74, 6) is 0.291. The maximum absolute atomic E-state index is 12.2. The van der Waals surface area contributed by atoms with Crippen LogP contribution in [0.25, 0.3) is 0 Å². The minimum atomic E-state index is 0.254. The Labute approximate surface area is 151 Å². The number of piperidine rings is 2. The molecule has 25 heavy (non-hydrogen) atoms. The summed E-state index contributed by atoms with van der Waals surface area (Å²) in [6.07, 6.45) is 4.15. The van der Waals surface area contributed by atoms with E-state index in [0.29, 0.717) is 18.9 Å². The lowest BCUT2D eigenvalue weighted by molar-refractivity contribution is -0.140. The summed E-state index contributed by atoms with van der Waals surface area (Å²) < 4.78 is 7.17. The number of rotatable bonds is 5. The third kappa shape index (κ3) is 3.90. The van der Waals surface area contributed by atoms with Crippen LogP contribution in [0.5, 0.6) is 0 Å². The van der Waals surface area contributed by atoms with Gasteiger partial charge in [-0.15, -0.1) is 0 Å². The van der Waals surface area contributed by atoms with Gasteiger partial charge >= 0.3 is 0 Å². The molecule has 1 aromatic rings. The van der Waals surface area contributed by atoms with Crippen LogP contribution in [0.1, 0.15) is 42.6 Å². The van der Waals surface area contributed by atoms with Gasteiger partial charge < -0.3 is 9.64 Å². The molecule has 0 aromatic carbocycles. The van der Waals surface area contributed by atoms with Gasteiger partial charge in [0.15, 0.2) is 0 Å². The van der Waals surface area contributed by atoms with Crippen molar-refractivity contribution in [3.8, 4) is 0 Å². The molecule has 2 aliphatic rings. The Morgan fingerprint density at radius 2 is 2.04 bits per heavy atom. The van der Waals surface area contributed by atoms with Crippen LogP contribution in [0.3, 0.4) is 0 Å². The predicted octanol–water partition coefficient (Wildman–Crippen LogP) is 1.89. The summed E-state index contributed by atoms with van der Waals surface area (Å²) in [5.41, 5.74) is 4.02. The van der Waals surface area contributed by atoms with Crippen molar-refractivity contribution in [1.82, 2.24) is 19.6 Å². The van der Waals surface area contributed by atoms with Crippen LogP contribution >= 0.6 is 0 Å². The van der Waals surface area contributed by atoms with E-state index in [4.69, 9.17) is 4.74 Å². The van der Waals surface area contributed by atoms with Crippen molar-refractivity contribution in [1.29, 1.82) is 0 Å². The normalized spacial score (nSPS) is 25.1. The number of hydrogen-bond acceptors (Lipinski definition) is 4. The van der Waals surface area contributed by atoms with E-state index in [1.807, 2.05) is 16.6 Å². The molecule has 0 aliphatic carbocycles. The standard InChI is InChI=1S/C19H32N4O2/c1-15-17(16(2)21(3)20-15)12-22-9-5-7-19(13-22)8-6-18(24)23(14-19)10-11-25-4/h5-14H2,1-4H3/t19-/m0/s1. The lowest BCUT2D eigenvalue weighted by atomic mass is 9.73. The van der Waals surface area contributed by atoms with Gasteiger partial charge in [0.2, 0.25) is 5.91 Å². The summed E-state index contributed by atoms with van der Waals surface area (Å²) in [4.78, 5) is 16.8. The van der Waals surface area contributed by atoms with Gasteiger partial charge in [0, 0.05) is 63.4 Å². The summed E-state index contributed by atoms with van der Waals surface area (Å²) in [7, 11) is 3.72. The highest BCUT2D eigenvalue weighted by molar-refractivity contribution is 5.77. The number of nitrogens with zero attached hydrogens (tertiary/aromatic N) is 4. The first-order valence-electron chi connectivity index (χ1n) is 9.42. The van der Waals surface area contributed by atoms with E-state index in [1.54, 1.807) is 7.11 Å². The number of hydrogen-bond donors (Lipinski definition) is 0. The van der Waals surface area contributed by atoms with E-state index in [-0.39, 0.29) is 5.41 Å². The fourth-order valence-corrected chi connectivity index (χ4v) is 4.56. The Bertz CT molecular complexity index is 627. The monoisotopic (exact) mass is 348 g/mol. The molecule has 1 amide bonds. The van der Waals surface area contributed by atoms with E-state index in [0.717, 1.165) is 44.8 Å². The van der Waals surface area contributed by atoms with Crippen molar-refractivity contribution >= 4 is 5.91 Å². The van der Waals surface area contributed by atoms with Crippen LogP contribution in [-0.2, 0) is 23.1 Å². The summed E-state index contributed by atoms with van der Waals surface area (Å²) >= 11 is 0. The van der Waals surface area contributed by atoms with Gasteiger partial charge in [0.05, 0.1) is 12.3 Å². The minimum absolute atomic E-state index is 0.254. The molecular weight excluding hydrogens is 316 g/mol. The van der Waals surface area contributed by atoms with E-state index in [1.165, 1.54) is 24.1 Å². The molecule has 1 atom stereocenters. The second-order valence-electron chi connectivity index (χ2n) is 7.90. The van der Waals surface area contributed by atoms with Crippen molar-refractivity contribution in [2.45, 2.75) is 46.1 Å². The van der Waals surface area contributed by atoms with E-state index in [9.17, 15) is 4.79 Å². The first kappa shape index (κ1) is 18.4. The van der Waals surface area contributed by atoms with Crippen molar-refractivity contribution < 1.29 is 9.53 Å². The van der Waals surface area contributed by atoms with Crippen LogP contribution in [0.4, 0.5) is 0 Å². The van der Waals surface area contributed by atoms with Crippen molar-refractivity contribution in [3.05, 3.63) is 17.0 Å². The van der Waals surface area contributed by atoms with Gasteiger partial charge in [0.1, 0.15) is 0 Å². The predicted molar refractivity (Wildman–Crippen MR) is 97.3 cm³/mol. The SMILES string of the molecule is COCCN1C[C@@]2(CCCN(Cc3c(C)nn(C)c3C)C2)CCC1=O. The molecule has 140 valence electrons. The number of aromatic nitrogens is 2. The smallest absolute Gasteiger partial charge is 0.222 e. The van der Waals surface area contributed by atoms with E-state index >= 15 is 0 Å². The van der Waals surface area contributed by atoms with Crippen LogP contribution in [0.2, 0.25) is 0 Å². The molecule has 0 radical (unpaired) electrons. The van der Waals surface area contributed by atoms with Crippen LogP contribution in [0, 0.1) is 19.3 Å². The Morgan fingerprint density at radius 3 is 2.72 bits per heavy atom. The minimum Gasteiger partial charge on any atom is -0.383 e.